The van der Waals surface area contributed by atoms with Gasteiger partial charge in [-0.2, -0.15) is 0 Å². The van der Waals surface area contributed by atoms with E-state index in [1.807, 2.05) is 0 Å². The van der Waals surface area contributed by atoms with Crippen molar-refractivity contribution in [2.75, 3.05) is 0 Å². The molecular weight excluding hydrogens is 219 g/mol. The molecule has 0 radical (unpaired) electrons. The van der Waals surface area contributed by atoms with Crippen LogP contribution >= 0.6 is 11.6 Å². The van der Waals surface area contributed by atoms with Crippen LogP contribution in [0.3, 0.4) is 0 Å². The quantitative estimate of drug-likeness (QED) is 0.374. The van der Waals surface area contributed by atoms with E-state index in [0.29, 0.717) is 5.02 Å². The van der Waals surface area contributed by atoms with Crippen LogP contribution in [0.15, 0.2) is 18.2 Å². The van der Waals surface area contributed by atoms with Gasteiger partial charge >= 0.3 is 63.3 Å². The fraction of sp³-hybridized carbons (Fsp3) is 0. The number of fused-ring (bicyclic) bond motifs is 1. The summed E-state index contributed by atoms with van der Waals surface area (Å²) in [6.07, 6.45) is 0. The summed E-state index contributed by atoms with van der Waals surface area (Å²) in [5.41, 5.74) is 0.525. The zero-order chi connectivity index (χ0) is 8.72. The van der Waals surface area contributed by atoms with E-state index in [4.69, 9.17) is 11.6 Å². The normalized spacial score (nSPS) is 13.3. The van der Waals surface area contributed by atoms with Gasteiger partial charge in [-0.3, -0.25) is 0 Å². The van der Waals surface area contributed by atoms with E-state index in [1.165, 1.54) is 12.1 Å². The number of carbonyl (C=O) groups excluding carboxylic acids is 2. The Bertz CT molecular complexity index is 389. The number of hydrogen-bond acceptors (Lipinski definition) is 3. The second-order valence-corrected chi connectivity index (χ2v) is 2.80. The third-order valence-electron chi connectivity index (χ3n) is 1.61. The summed E-state index contributed by atoms with van der Waals surface area (Å²) in [5, 5.41) is 0.417. The predicted molar refractivity (Wildman–Crippen MR) is 48.3 cm³/mol. The SMILES string of the molecule is O=C1OC(=O)c2cc(Cl)ccc21.[KH]. The van der Waals surface area contributed by atoms with Gasteiger partial charge < -0.3 is 4.74 Å². The van der Waals surface area contributed by atoms with Crippen LogP contribution in [0.1, 0.15) is 20.7 Å². The first-order valence-corrected chi connectivity index (χ1v) is 3.62. The van der Waals surface area contributed by atoms with Gasteiger partial charge in [0.15, 0.2) is 0 Å². The van der Waals surface area contributed by atoms with E-state index in [-0.39, 0.29) is 62.5 Å². The summed E-state index contributed by atoms with van der Waals surface area (Å²) in [5.74, 6) is -1.23. The first-order valence-electron chi connectivity index (χ1n) is 3.24. The topological polar surface area (TPSA) is 43.4 Å². The Balaban J connectivity index is 0.000000845. The van der Waals surface area contributed by atoms with E-state index < -0.39 is 11.9 Å². The van der Waals surface area contributed by atoms with E-state index >= 15 is 0 Å². The Kier molecular flexibility index (Phi) is 3.68. The predicted octanol–water partition coefficient (Wildman–Crippen LogP) is 1.00. The van der Waals surface area contributed by atoms with Gasteiger partial charge in [0, 0.05) is 5.02 Å². The molecule has 0 fully saturated rings. The average Bonchev–Trinajstić information content (AvgIpc) is 2.28. The molecule has 1 aliphatic rings. The molecule has 13 heavy (non-hydrogen) atoms. The van der Waals surface area contributed by atoms with Gasteiger partial charge in [-0.1, -0.05) is 11.6 Å². The molecule has 62 valence electrons. The molecule has 1 aliphatic heterocycles. The molecule has 0 aliphatic carbocycles. The summed E-state index contributed by atoms with van der Waals surface area (Å²) in [6.45, 7) is 0. The van der Waals surface area contributed by atoms with Gasteiger partial charge in [-0.25, -0.2) is 9.59 Å². The van der Waals surface area contributed by atoms with Crippen LogP contribution in [0.5, 0.6) is 0 Å². The molecule has 1 aromatic rings. The molecule has 1 aromatic carbocycles. The number of carbonyl (C=O) groups is 2. The Morgan fingerprint density at radius 1 is 1.08 bits per heavy atom. The first-order chi connectivity index (χ1) is 5.68. The molecule has 0 amide bonds. The van der Waals surface area contributed by atoms with Gasteiger partial charge in [-0.05, 0) is 18.2 Å². The number of benzene rings is 1. The van der Waals surface area contributed by atoms with E-state index in [9.17, 15) is 9.59 Å². The molecule has 3 nitrogen and oxygen atoms in total. The summed E-state index contributed by atoms with van der Waals surface area (Å²) >= 11 is 5.62. The van der Waals surface area contributed by atoms with Gasteiger partial charge in [0.1, 0.15) is 0 Å². The molecular formula is C8H4ClKO3. The molecule has 0 unspecified atom stereocenters. The zero-order valence-corrected chi connectivity index (χ0v) is 6.59. The zero-order valence-electron chi connectivity index (χ0n) is 5.83. The molecule has 0 saturated carbocycles. The van der Waals surface area contributed by atoms with Crippen molar-refractivity contribution < 1.29 is 14.3 Å². The van der Waals surface area contributed by atoms with Crippen molar-refractivity contribution in [3.8, 4) is 0 Å². The van der Waals surface area contributed by atoms with E-state index in [1.54, 1.807) is 6.07 Å². The monoisotopic (exact) mass is 222 g/mol. The van der Waals surface area contributed by atoms with Crippen molar-refractivity contribution in [1.29, 1.82) is 0 Å². The van der Waals surface area contributed by atoms with Gasteiger partial charge in [0.2, 0.25) is 0 Å². The molecule has 5 heteroatoms. The van der Waals surface area contributed by atoms with E-state index in [2.05, 4.69) is 4.74 Å². The standard InChI is InChI=1S/C8H3ClO3.K.H/c9-4-1-2-5-6(3-4)8(11)12-7(5)10;;/h1-3H;;. The summed E-state index contributed by atoms with van der Waals surface area (Å²) in [6, 6.07) is 4.44. The van der Waals surface area contributed by atoms with Crippen LogP contribution in [0.25, 0.3) is 0 Å². The number of rotatable bonds is 0. The first kappa shape index (κ1) is 11.4. The average molecular weight is 223 g/mol. The summed E-state index contributed by atoms with van der Waals surface area (Å²) in [7, 11) is 0. The molecule has 0 bridgehead atoms. The fourth-order valence-corrected chi connectivity index (χ4v) is 1.23. The second-order valence-electron chi connectivity index (χ2n) is 2.37. The van der Waals surface area contributed by atoms with Crippen molar-refractivity contribution >= 4 is 74.9 Å². The van der Waals surface area contributed by atoms with Gasteiger partial charge in [-0.15, -0.1) is 0 Å². The van der Waals surface area contributed by atoms with E-state index in [0.717, 1.165) is 0 Å². The van der Waals surface area contributed by atoms with Crippen LogP contribution in [0.4, 0.5) is 0 Å². The molecule has 0 aromatic heterocycles. The minimum absolute atomic E-state index is 0. The van der Waals surface area contributed by atoms with Gasteiger partial charge in [0.05, 0.1) is 11.1 Å². The third kappa shape index (κ3) is 2.03. The fourth-order valence-electron chi connectivity index (χ4n) is 1.06. The third-order valence-corrected chi connectivity index (χ3v) is 1.84. The van der Waals surface area contributed by atoms with Crippen LogP contribution in [-0.2, 0) is 4.74 Å². The number of esters is 2. The maximum absolute atomic E-state index is 10.9. The molecule has 0 spiro atoms. The Labute approximate surface area is 122 Å². The Hall–Kier alpha value is 0.286. The Morgan fingerprint density at radius 2 is 1.69 bits per heavy atom. The second kappa shape index (κ2) is 4.21. The minimum atomic E-state index is -0.627. The van der Waals surface area contributed by atoms with Crippen LogP contribution < -0.4 is 0 Å². The number of hydrogen-bond donors (Lipinski definition) is 0. The van der Waals surface area contributed by atoms with Crippen LogP contribution in [-0.4, -0.2) is 63.3 Å². The number of cyclic esters (lactones) is 2. The van der Waals surface area contributed by atoms with Crippen molar-refractivity contribution in [3.63, 3.8) is 0 Å². The van der Waals surface area contributed by atoms with Crippen molar-refractivity contribution in [2.24, 2.45) is 0 Å². The van der Waals surface area contributed by atoms with Crippen LogP contribution in [0, 0.1) is 0 Å². The summed E-state index contributed by atoms with van der Waals surface area (Å²) < 4.78 is 4.35. The van der Waals surface area contributed by atoms with Crippen LogP contribution in [0.2, 0.25) is 5.02 Å². The molecule has 0 N–H and O–H groups in total. The maximum atomic E-state index is 10.9. The number of halogens is 1. The van der Waals surface area contributed by atoms with Gasteiger partial charge in [0.25, 0.3) is 0 Å². The molecule has 0 atom stereocenters. The molecule has 2 rings (SSSR count). The summed E-state index contributed by atoms with van der Waals surface area (Å²) in [4.78, 5) is 21.8. The molecule has 0 saturated heterocycles. The number of ether oxygens (including phenoxy) is 1. The van der Waals surface area contributed by atoms with Crippen molar-refractivity contribution in [1.82, 2.24) is 0 Å². The van der Waals surface area contributed by atoms with Crippen molar-refractivity contribution in [2.45, 2.75) is 0 Å². The molecule has 1 heterocycles. The van der Waals surface area contributed by atoms with Crippen molar-refractivity contribution in [3.05, 3.63) is 34.3 Å². The Morgan fingerprint density at radius 3 is 2.38 bits per heavy atom.